The first-order valence-corrected chi connectivity index (χ1v) is 8.41. The Kier molecular flexibility index (Phi) is 5.40. The van der Waals surface area contributed by atoms with Crippen LogP contribution in [0.4, 0.5) is 0 Å². The van der Waals surface area contributed by atoms with Crippen LogP contribution >= 0.6 is 11.3 Å². The molecule has 112 valence electrons. The van der Waals surface area contributed by atoms with E-state index in [4.69, 9.17) is 0 Å². The van der Waals surface area contributed by atoms with E-state index in [1.807, 2.05) is 13.2 Å². The van der Waals surface area contributed by atoms with Crippen LogP contribution in [0.2, 0.25) is 0 Å². The second kappa shape index (κ2) is 7.07. The quantitative estimate of drug-likeness (QED) is 0.626. The van der Waals surface area contributed by atoms with Gasteiger partial charge in [0.25, 0.3) is 0 Å². The monoisotopic (exact) mass is 294 g/mol. The summed E-state index contributed by atoms with van der Waals surface area (Å²) in [4.78, 5) is 10.1. The fourth-order valence-corrected chi connectivity index (χ4v) is 3.38. The smallest absolute Gasteiger partial charge is 0.191 e. The van der Waals surface area contributed by atoms with Crippen molar-refractivity contribution in [3.63, 3.8) is 0 Å². The van der Waals surface area contributed by atoms with Gasteiger partial charge in [0.1, 0.15) is 5.01 Å². The molecular weight excluding hydrogens is 268 g/mol. The molecule has 0 aromatic carbocycles. The molecule has 0 unspecified atom stereocenters. The minimum Gasteiger partial charge on any atom is -0.356 e. The number of guanidine groups is 1. The van der Waals surface area contributed by atoms with Crippen molar-refractivity contribution in [3.05, 3.63) is 16.1 Å². The lowest BCUT2D eigenvalue weighted by molar-refractivity contribution is 0.131. The summed E-state index contributed by atoms with van der Waals surface area (Å²) in [6.45, 7) is 6.23. The first kappa shape index (κ1) is 15.3. The van der Waals surface area contributed by atoms with E-state index in [1.165, 1.54) is 30.6 Å². The van der Waals surface area contributed by atoms with Gasteiger partial charge in [0.2, 0.25) is 0 Å². The van der Waals surface area contributed by atoms with Gasteiger partial charge in [-0.2, -0.15) is 0 Å². The molecule has 20 heavy (non-hydrogen) atoms. The molecule has 4 nitrogen and oxygen atoms in total. The van der Waals surface area contributed by atoms with Crippen LogP contribution in [0.3, 0.4) is 0 Å². The van der Waals surface area contributed by atoms with Gasteiger partial charge in [-0.15, -0.1) is 11.3 Å². The number of aryl methyl sites for hydroxylation is 1. The lowest BCUT2D eigenvalue weighted by Crippen LogP contribution is -2.46. The van der Waals surface area contributed by atoms with E-state index in [2.05, 4.69) is 34.5 Å². The molecule has 0 aliphatic heterocycles. The van der Waals surface area contributed by atoms with Crippen molar-refractivity contribution in [2.75, 3.05) is 13.6 Å². The molecule has 0 spiro atoms. The lowest BCUT2D eigenvalue weighted by Gasteiger charge is -2.41. The van der Waals surface area contributed by atoms with Crippen molar-refractivity contribution in [2.45, 2.75) is 52.5 Å². The highest BCUT2D eigenvalue weighted by Crippen LogP contribution is 2.42. The Hall–Kier alpha value is -1.10. The molecule has 0 atom stereocenters. The summed E-state index contributed by atoms with van der Waals surface area (Å²) in [5.41, 5.74) is 0.508. The van der Waals surface area contributed by atoms with E-state index in [0.29, 0.717) is 5.41 Å². The minimum absolute atomic E-state index is 0.508. The van der Waals surface area contributed by atoms with E-state index in [-0.39, 0.29) is 0 Å². The maximum Gasteiger partial charge on any atom is 0.191 e. The van der Waals surface area contributed by atoms with Crippen molar-refractivity contribution >= 4 is 17.3 Å². The van der Waals surface area contributed by atoms with E-state index >= 15 is 0 Å². The number of thiazole rings is 1. The summed E-state index contributed by atoms with van der Waals surface area (Å²) >= 11 is 1.77. The molecule has 1 aromatic rings. The van der Waals surface area contributed by atoms with Crippen LogP contribution in [-0.2, 0) is 13.0 Å². The fourth-order valence-electron chi connectivity index (χ4n) is 2.58. The van der Waals surface area contributed by atoms with E-state index in [1.54, 1.807) is 11.3 Å². The third-order valence-electron chi connectivity index (χ3n) is 4.38. The molecule has 2 rings (SSSR count). The van der Waals surface area contributed by atoms with Crippen molar-refractivity contribution in [1.29, 1.82) is 0 Å². The Morgan fingerprint density at radius 1 is 1.40 bits per heavy atom. The van der Waals surface area contributed by atoms with Crippen molar-refractivity contribution < 1.29 is 0 Å². The predicted octanol–water partition coefficient (Wildman–Crippen LogP) is 2.95. The minimum atomic E-state index is 0.508. The summed E-state index contributed by atoms with van der Waals surface area (Å²) in [5, 5.41) is 7.95. The average Bonchev–Trinajstić information content (AvgIpc) is 2.89. The predicted molar refractivity (Wildman–Crippen MR) is 86.3 cm³/mol. The highest BCUT2D eigenvalue weighted by atomic mass is 32.1. The van der Waals surface area contributed by atoms with Crippen molar-refractivity contribution in [3.8, 4) is 0 Å². The molecule has 1 aliphatic rings. The second-order valence-electron chi connectivity index (χ2n) is 5.56. The van der Waals surface area contributed by atoms with Crippen molar-refractivity contribution in [1.82, 2.24) is 15.6 Å². The first-order chi connectivity index (χ1) is 9.71. The van der Waals surface area contributed by atoms with Gasteiger partial charge in [0, 0.05) is 24.7 Å². The molecule has 2 N–H and O–H groups in total. The number of nitrogens with zero attached hydrogens (tertiary/aromatic N) is 2. The number of aliphatic imine (C=N–C) groups is 1. The Morgan fingerprint density at radius 3 is 2.70 bits per heavy atom. The van der Waals surface area contributed by atoms with Gasteiger partial charge in [0.05, 0.1) is 6.54 Å². The number of aromatic nitrogens is 1. The summed E-state index contributed by atoms with van der Waals surface area (Å²) < 4.78 is 0. The normalized spacial score (nSPS) is 17.6. The maximum absolute atomic E-state index is 4.42. The summed E-state index contributed by atoms with van der Waals surface area (Å²) in [7, 11) is 1.83. The summed E-state index contributed by atoms with van der Waals surface area (Å²) in [6, 6.07) is 0. The SMILES string of the molecule is CCc1cnc(CNC(=NC)NCC2(CC)CCC2)s1. The maximum atomic E-state index is 4.42. The van der Waals surface area contributed by atoms with Gasteiger partial charge in [-0.05, 0) is 31.1 Å². The van der Waals surface area contributed by atoms with E-state index < -0.39 is 0 Å². The average molecular weight is 294 g/mol. The molecule has 0 bridgehead atoms. The van der Waals surface area contributed by atoms with Gasteiger partial charge in [0.15, 0.2) is 5.96 Å². The number of nitrogens with one attached hydrogen (secondary N) is 2. The molecule has 1 saturated carbocycles. The molecule has 5 heteroatoms. The van der Waals surface area contributed by atoms with Gasteiger partial charge in [-0.1, -0.05) is 20.3 Å². The second-order valence-corrected chi connectivity index (χ2v) is 6.76. The Labute approximate surface area is 126 Å². The molecular formula is C15H26N4S. The number of hydrogen-bond acceptors (Lipinski definition) is 3. The Bertz CT molecular complexity index is 443. The van der Waals surface area contributed by atoms with Crippen LogP contribution in [0.5, 0.6) is 0 Å². The zero-order valence-corrected chi connectivity index (χ0v) is 13.6. The van der Waals surface area contributed by atoms with Crippen LogP contribution in [0.25, 0.3) is 0 Å². The zero-order valence-electron chi connectivity index (χ0n) is 12.8. The fraction of sp³-hybridized carbons (Fsp3) is 0.733. The van der Waals surface area contributed by atoms with Crippen LogP contribution in [0, 0.1) is 5.41 Å². The molecule has 0 amide bonds. The van der Waals surface area contributed by atoms with E-state index in [0.717, 1.165) is 30.5 Å². The molecule has 1 aromatic heterocycles. The Balaban J connectivity index is 1.77. The molecule has 1 fully saturated rings. The third-order valence-corrected chi connectivity index (χ3v) is 5.52. The zero-order chi connectivity index (χ0) is 14.4. The topological polar surface area (TPSA) is 49.3 Å². The molecule has 0 radical (unpaired) electrons. The molecule has 0 saturated heterocycles. The number of rotatable bonds is 6. The van der Waals surface area contributed by atoms with Crippen molar-refractivity contribution in [2.24, 2.45) is 10.4 Å². The van der Waals surface area contributed by atoms with Gasteiger partial charge < -0.3 is 10.6 Å². The van der Waals surface area contributed by atoms with Gasteiger partial charge in [-0.25, -0.2) is 4.98 Å². The van der Waals surface area contributed by atoms with Gasteiger partial charge in [-0.3, -0.25) is 4.99 Å². The summed E-state index contributed by atoms with van der Waals surface area (Å²) in [6.07, 6.45) is 8.35. The first-order valence-electron chi connectivity index (χ1n) is 7.59. The van der Waals surface area contributed by atoms with Gasteiger partial charge >= 0.3 is 0 Å². The largest absolute Gasteiger partial charge is 0.356 e. The van der Waals surface area contributed by atoms with E-state index in [9.17, 15) is 0 Å². The lowest BCUT2D eigenvalue weighted by atomic mass is 9.67. The van der Waals surface area contributed by atoms with Crippen LogP contribution < -0.4 is 10.6 Å². The number of hydrogen-bond donors (Lipinski definition) is 2. The molecule has 1 heterocycles. The standard InChI is InChI=1S/C15H26N4S/c1-4-12-9-17-13(20-12)10-18-14(16-3)19-11-15(5-2)7-6-8-15/h9H,4-8,10-11H2,1-3H3,(H2,16,18,19). The molecule has 1 aliphatic carbocycles. The van der Waals surface area contributed by atoms with Crippen LogP contribution in [-0.4, -0.2) is 24.5 Å². The Morgan fingerprint density at radius 2 is 2.20 bits per heavy atom. The summed E-state index contributed by atoms with van der Waals surface area (Å²) in [5.74, 6) is 0.887. The highest BCUT2D eigenvalue weighted by Gasteiger charge is 2.34. The third kappa shape index (κ3) is 3.72. The van der Waals surface area contributed by atoms with Crippen LogP contribution in [0.15, 0.2) is 11.2 Å². The highest BCUT2D eigenvalue weighted by molar-refractivity contribution is 7.11. The van der Waals surface area contributed by atoms with Crippen LogP contribution in [0.1, 0.15) is 49.4 Å².